The number of aromatic nitrogens is 4. The molecule has 3 aromatic rings. The van der Waals surface area contributed by atoms with E-state index in [2.05, 4.69) is 15.2 Å². The molecule has 0 saturated carbocycles. The van der Waals surface area contributed by atoms with Crippen LogP contribution in [0.3, 0.4) is 0 Å². The minimum absolute atomic E-state index is 0.661. The minimum Gasteiger partial charge on any atom is -0.494 e. The summed E-state index contributed by atoms with van der Waals surface area (Å²) in [6.45, 7) is 2.63. The van der Waals surface area contributed by atoms with Gasteiger partial charge >= 0.3 is 0 Å². The average molecular weight is 266 g/mol. The van der Waals surface area contributed by atoms with Gasteiger partial charge < -0.3 is 4.74 Å². The van der Waals surface area contributed by atoms with Crippen LogP contribution in [0.5, 0.6) is 5.75 Å². The Kier molecular flexibility index (Phi) is 3.41. The monoisotopic (exact) mass is 266 g/mol. The Balaban J connectivity index is 1.97. The topological polar surface area (TPSA) is 52.8 Å². The molecule has 0 bridgehead atoms. The van der Waals surface area contributed by atoms with Crippen LogP contribution in [-0.2, 0) is 0 Å². The quantitative estimate of drug-likeness (QED) is 0.728. The molecule has 1 aromatic carbocycles. The zero-order valence-corrected chi connectivity index (χ0v) is 11.1. The van der Waals surface area contributed by atoms with Gasteiger partial charge in [-0.1, -0.05) is 0 Å². The molecule has 3 rings (SSSR count). The summed E-state index contributed by atoms with van der Waals surface area (Å²) in [4.78, 5) is 4.02. The van der Waals surface area contributed by atoms with E-state index in [1.807, 2.05) is 47.9 Å². The van der Waals surface area contributed by atoms with Crippen LogP contribution in [0, 0.1) is 0 Å². The molecular weight excluding hydrogens is 252 g/mol. The molecular formula is C15H14N4O. The van der Waals surface area contributed by atoms with Gasteiger partial charge in [-0.2, -0.15) is 0 Å². The molecule has 20 heavy (non-hydrogen) atoms. The van der Waals surface area contributed by atoms with Crippen molar-refractivity contribution in [1.82, 2.24) is 19.7 Å². The number of ether oxygens (including phenoxy) is 1. The van der Waals surface area contributed by atoms with Crippen LogP contribution in [0.2, 0.25) is 0 Å². The standard InChI is InChI=1S/C15H14N4O/c1-2-20-14-5-3-13(4-6-14)19-11-17-18-15(19)12-7-9-16-10-8-12/h3-11H,2H2,1H3. The van der Waals surface area contributed by atoms with Crippen LogP contribution in [0.15, 0.2) is 55.1 Å². The van der Waals surface area contributed by atoms with Crippen molar-refractivity contribution in [3.8, 4) is 22.8 Å². The first-order valence-corrected chi connectivity index (χ1v) is 6.42. The van der Waals surface area contributed by atoms with Crippen molar-refractivity contribution in [1.29, 1.82) is 0 Å². The van der Waals surface area contributed by atoms with E-state index < -0.39 is 0 Å². The molecule has 0 saturated heterocycles. The molecule has 2 heterocycles. The maximum Gasteiger partial charge on any atom is 0.168 e. The summed E-state index contributed by atoms with van der Waals surface area (Å²) in [5.41, 5.74) is 1.97. The predicted molar refractivity (Wildman–Crippen MR) is 75.8 cm³/mol. The smallest absolute Gasteiger partial charge is 0.168 e. The number of nitrogens with zero attached hydrogens (tertiary/aromatic N) is 4. The highest BCUT2D eigenvalue weighted by Gasteiger charge is 2.08. The summed E-state index contributed by atoms with van der Waals surface area (Å²) in [6.07, 6.45) is 5.19. The minimum atomic E-state index is 0.661. The highest BCUT2D eigenvalue weighted by Crippen LogP contribution is 2.21. The Hall–Kier alpha value is -2.69. The first-order valence-electron chi connectivity index (χ1n) is 6.42. The van der Waals surface area contributed by atoms with Crippen molar-refractivity contribution in [3.63, 3.8) is 0 Å². The lowest BCUT2D eigenvalue weighted by atomic mass is 10.2. The number of pyridine rings is 1. The molecule has 0 N–H and O–H groups in total. The SMILES string of the molecule is CCOc1ccc(-n2cnnc2-c2ccncc2)cc1. The van der Waals surface area contributed by atoms with Gasteiger partial charge in [0.15, 0.2) is 5.82 Å². The lowest BCUT2D eigenvalue weighted by Gasteiger charge is -2.08. The molecule has 5 nitrogen and oxygen atoms in total. The normalized spacial score (nSPS) is 10.4. The third-order valence-corrected chi connectivity index (χ3v) is 2.91. The third-order valence-electron chi connectivity index (χ3n) is 2.91. The van der Waals surface area contributed by atoms with Crippen molar-refractivity contribution in [3.05, 3.63) is 55.1 Å². The van der Waals surface area contributed by atoms with Gasteiger partial charge in [0.25, 0.3) is 0 Å². The van der Waals surface area contributed by atoms with E-state index >= 15 is 0 Å². The van der Waals surface area contributed by atoms with Crippen molar-refractivity contribution in [2.45, 2.75) is 6.92 Å². The van der Waals surface area contributed by atoms with Gasteiger partial charge in [0.05, 0.1) is 6.61 Å². The Labute approximate surface area is 116 Å². The summed E-state index contributed by atoms with van der Waals surface area (Å²) in [6, 6.07) is 11.7. The third kappa shape index (κ3) is 2.38. The molecule has 5 heteroatoms. The van der Waals surface area contributed by atoms with E-state index in [0.717, 1.165) is 22.8 Å². The maximum absolute atomic E-state index is 5.44. The average Bonchev–Trinajstić information content (AvgIpc) is 2.99. The molecule has 0 unspecified atom stereocenters. The lowest BCUT2D eigenvalue weighted by Crippen LogP contribution is -1.97. The first kappa shape index (κ1) is 12.3. The van der Waals surface area contributed by atoms with Crippen LogP contribution in [-0.4, -0.2) is 26.4 Å². The van der Waals surface area contributed by atoms with Gasteiger partial charge in [0.1, 0.15) is 12.1 Å². The second-order valence-corrected chi connectivity index (χ2v) is 4.19. The number of benzene rings is 1. The Bertz CT molecular complexity index is 677. The fourth-order valence-electron chi connectivity index (χ4n) is 1.99. The van der Waals surface area contributed by atoms with Crippen LogP contribution in [0.4, 0.5) is 0 Å². The van der Waals surface area contributed by atoms with Gasteiger partial charge in [-0.3, -0.25) is 9.55 Å². The molecule has 0 spiro atoms. The number of hydrogen-bond acceptors (Lipinski definition) is 4. The maximum atomic E-state index is 5.44. The number of rotatable bonds is 4. The first-order chi connectivity index (χ1) is 9.88. The van der Waals surface area contributed by atoms with Crippen LogP contribution < -0.4 is 4.74 Å². The van der Waals surface area contributed by atoms with Crippen molar-refractivity contribution >= 4 is 0 Å². The predicted octanol–water partition coefficient (Wildman–Crippen LogP) is 2.73. The summed E-state index contributed by atoms with van der Waals surface area (Å²) in [5, 5.41) is 8.17. The lowest BCUT2D eigenvalue weighted by molar-refractivity contribution is 0.340. The van der Waals surface area contributed by atoms with Crippen molar-refractivity contribution in [2.75, 3.05) is 6.61 Å². The molecule has 100 valence electrons. The number of hydrogen-bond donors (Lipinski definition) is 0. The molecule has 2 aromatic heterocycles. The molecule has 0 aliphatic carbocycles. The van der Waals surface area contributed by atoms with Gasteiger partial charge in [-0.15, -0.1) is 10.2 Å². The van der Waals surface area contributed by atoms with Crippen molar-refractivity contribution < 1.29 is 4.74 Å². The fraction of sp³-hybridized carbons (Fsp3) is 0.133. The zero-order chi connectivity index (χ0) is 13.8. The summed E-state index contributed by atoms with van der Waals surface area (Å²) >= 11 is 0. The largest absolute Gasteiger partial charge is 0.494 e. The summed E-state index contributed by atoms with van der Waals surface area (Å²) in [5.74, 6) is 1.64. The summed E-state index contributed by atoms with van der Waals surface area (Å²) in [7, 11) is 0. The van der Waals surface area contributed by atoms with Gasteiger partial charge in [0.2, 0.25) is 0 Å². The van der Waals surface area contributed by atoms with Crippen LogP contribution >= 0.6 is 0 Å². The molecule has 0 radical (unpaired) electrons. The molecule has 0 amide bonds. The van der Waals surface area contributed by atoms with Crippen molar-refractivity contribution in [2.24, 2.45) is 0 Å². The van der Waals surface area contributed by atoms with E-state index in [-0.39, 0.29) is 0 Å². The Morgan fingerprint density at radius 2 is 1.80 bits per heavy atom. The zero-order valence-electron chi connectivity index (χ0n) is 11.1. The Morgan fingerprint density at radius 3 is 2.50 bits per heavy atom. The second-order valence-electron chi connectivity index (χ2n) is 4.19. The van der Waals surface area contributed by atoms with Gasteiger partial charge in [0, 0.05) is 23.6 Å². The Morgan fingerprint density at radius 1 is 1.05 bits per heavy atom. The van der Waals surface area contributed by atoms with E-state index in [0.29, 0.717) is 6.61 Å². The fourth-order valence-corrected chi connectivity index (χ4v) is 1.99. The molecule has 0 atom stereocenters. The second kappa shape index (κ2) is 5.52. The van der Waals surface area contributed by atoms with E-state index in [1.54, 1.807) is 18.7 Å². The van der Waals surface area contributed by atoms with E-state index in [1.165, 1.54) is 0 Å². The van der Waals surface area contributed by atoms with E-state index in [9.17, 15) is 0 Å². The van der Waals surface area contributed by atoms with Crippen LogP contribution in [0.1, 0.15) is 6.92 Å². The van der Waals surface area contributed by atoms with Gasteiger partial charge in [-0.25, -0.2) is 0 Å². The van der Waals surface area contributed by atoms with E-state index in [4.69, 9.17) is 4.74 Å². The highest BCUT2D eigenvalue weighted by molar-refractivity contribution is 5.57. The molecule has 0 aliphatic heterocycles. The molecule has 0 aliphatic rings. The van der Waals surface area contributed by atoms with Crippen LogP contribution in [0.25, 0.3) is 17.1 Å². The molecule has 0 fully saturated rings. The van der Waals surface area contributed by atoms with Gasteiger partial charge in [-0.05, 0) is 43.3 Å². The highest BCUT2D eigenvalue weighted by atomic mass is 16.5. The summed E-state index contributed by atoms with van der Waals surface area (Å²) < 4.78 is 7.38.